The topological polar surface area (TPSA) is 25.8 Å². The average Bonchev–Trinajstić information content (AvgIpc) is 2.03. The molecule has 0 saturated carbocycles. The van der Waals surface area contributed by atoms with Crippen molar-refractivity contribution in [3.8, 4) is 12.3 Å². The zero-order valence-electron chi connectivity index (χ0n) is 5.62. The molecule has 0 amide bonds. The van der Waals surface area contributed by atoms with Crippen molar-refractivity contribution in [2.45, 2.75) is 12.8 Å². The van der Waals surface area contributed by atoms with Crippen molar-refractivity contribution in [2.75, 3.05) is 0 Å². The lowest BCUT2D eigenvalue weighted by atomic mass is 10.2. The summed E-state index contributed by atoms with van der Waals surface area (Å²) in [6, 6.07) is 3.78. The maximum atomic E-state index is 5.08. The number of hydrogen-bond donors (Lipinski definition) is 0. The van der Waals surface area contributed by atoms with E-state index in [-0.39, 0.29) is 0 Å². The van der Waals surface area contributed by atoms with Gasteiger partial charge in [0.15, 0.2) is 0 Å². The van der Waals surface area contributed by atoms with Gasteiger partial charge in [0, 0.05) is 19.0 Å². The van der Waals surface area contributed by atoms with Gasteiger partial charge in [0.1, 0.15) is 0 Å². The quantitative estimate of drug-likeness (QED) is 0.562. The second-order valence-electron chi connectivity index (χ2n) is 1.92. The van der Waals surface area contributed by atoms with E-state index in [2.05, 4.69) is 16.1 Å². The number of aryl methyl sites for hydroxylation is 1. The zero-order valence-corrected chi connectivity index (χ0v) is 5.62. The van der Waals surface area contributed by atoms with Gasteiger partial charge < -0.3 is 0 Å². The number of terminal acetylenes is 1. The van der Waals surface area contributed by atoms with E-state index >= 15 is 0 Å². The Kier molecular flexibility index (Phi) is 2.45. The highest BCUT2D eigenvalue weighted by molar-refractivity contribution is 5.01. The monoisotopic (exact) mass is 132 g/mol. The van der Waals surface area contributed by atoms with Gasteiger partial charge in [0.2, 0.25) is 0 Å². The smallest absolute Gasteiger partial charge is 0.0640 e. The van der Waals surface area contributed by atoms with E-state index < -0.39 is 0 Å². The van der Waals surface area contributed by atoms with Crippen molar-refractivity contribution in [1.82, 2.24) is 10.2 Å². The van der Waals surface area contributed by atoms with Crippen molar-refractivity contribution < 1.29 is 0 Å². The fourth-order valence-corrected chi connectivity index (χ4v) is 0.667. The summed E-state index contributed by atoms with van der Waals surface area (Å²) in [6.07, 6.45) is 8.29. The van der Waals surface area contributed by atoms with E-state index in [1.807, 2.05) is 12.1 Å². The van der Waals surface area contributed by atoms with Gasteiger partial charge in [-0.25, -0.2) is 0 Å². The van der Waals surface area contributed by atoms with E-state index in [4.69, 9.17) is 6.42 Å². The van der Waals surface area contributed by atoms with Crippen molar-refractivity contribution >= 4 is 0 Å². The molecule has 2 heteroatoms. The van der Waals surface area contributed by atoms with Crippen molar-refractivity contribution in [3.63, 3.8) is 0 Å². The first-order valence-corrected chi connectivity index (χ1v) is 3.13. The van der Waals surface area contributed by atoms with Gasteiger partial charge in [-0.15, -0.1) is 12.3 Å². The van der Waals surface area contributed by atoms with Crippen LogP contribution in [0.25, 0.3) is 0 Å². The maximum Gasteiger partial charge on any atom is 0.0640 e. The zero-order chi connectivity index (χ0) is 7.23. The summed E-state index contributed by atoms with van der Waals surface area (Å²) in [5, 5.41) is 7.59. The Morgan fingerprint density at radius 1 is 1.60 bits per heavy atom. The minimum atomic E-state index is 0.735. The second-order valence-corrected chi connectivity index (χ2v) is 1.92. The highest BCUT2D eigenvalue weighted by Gasteiger charge is 1.89. The van der Waals surface area contributed by atoms with Crippen molar-refractivity contribution in [1.29, 1.82) is 0 Å². The largest absolute Gasteiger partial charge is 0.159 e. The number of nitrogens with zero attached hydrogens (tertiary/aromatic N) is 2. The first kappa shape index (κ1) is 6.76. The van der Waals surface area contributed by atoms with Gasteiger partial charge in [-0.2, -0.15) is 10.2 Å². The first-order valence-electron chi connectivity index (χ1n) is 3.13. The third kappa shape index (κ3) is 1.87. The summed E-state index contributed by atoms with van der Waals surface area (Å²) in [5.74, 6) is 2.55. The summed E-state index contributed by atoms with van der Waals surface area (Å²) >= 11 is 0. The Hall–Kier alpha value is -1.36. The Morgan fingerprint density at radius 2 is 2.50 bits per heavy atom. The highest BCUT2D eigenvalue weighted by Crippen LogP contribution is 1.94. The summed E-state index contributed by atoms with van der Waals surface area (Å²) < 4.78 is 0. The predicted octanol–water partition coefficient (Wildman–Crippen LogP) is 1.04. The molecule has 1 heterocycles. The van der Waals surface area contributed by atoms with Crippen LogP contribution < -0.4 is 0 Å². The number of hydrogen-bond acceptors (Lipinski definition) is 2. The minimum Gasteiger partial charge on any atom is -0.159 e. The van der Waals surface area contributed by atoms with E-state index in [1.165, 1.54) is 0 Å². The predicted molar refractivity (Wildman–Crippen MR) is 39.2 cm³/mol. The fourth-order valence-electron chi connectivity index (χ4n) is 0.667. The Balaban J connectivity index is 2.52. The van der Waals surface area contributed by atoms with Crippen LogP contribution in [-0.2, 0) is 6.42 Å². The standard InChI is InChI=1S/C8H8N2/c1-2-3-5-8-6-4-7-9-10-8/h1,4,6-7H,3,5H2. The Morgan fingerprint density at radius 3 is 3.10 bits per heavy atom. The molecule has 50 valence electrons. The molecule has 1 aromatic heterocycles. The lowest BCUT2D eigenvalue weighted by Gasteiger charge is -1.91. The van der Waals surface area contributed by atoms with Crippen LogP contribution in [0.1, 0.15) is 12.1 Å². The lowest BCUT2D eigenvalue weighted by molar-refractivity contribution is 0.885. The molecule has 0 atom stereocenters. The van der Waals surface area contributed by atoms with Crippen LogP contribution in [0.4, 0.5) is 0 Å². The molecule has 2 nitrogen and oxygen atoms in total. The molecule has 0 spiro atoms. The molecule has 0 N–H and O–H groups in total. The van der Waals surface area contributed by atoms with Crippen LogP contribution in [0.3, 0.4) is 0 Å². The molecule has 1 rings (SSSR count). The molecule has 1 aromatic rings. The summed E-state index contributed by atoms with van der Waals surface area (Å²) in [4.78, 5) is 0. The van der Waals surface area contributed by atoms with Crippen molar-refractivity contribution in [2.24, 2.45) is 0 Å². The van der Waals surface area contributed by atoms with Crippen molar-refractivity contribution in [3.05, 3.63) is 24.0 Å². The van der Waals surface area contributed by atoms with Crippen LogP contribution >= 0.6 is 0 Å². The van der Waals surface area contributed by atoms with Crippen LogP contribution in [0.15, 0.2) is 18.3 Å². The average molecular weight is 132 g/mol. The van der Waals surface area contributed by atoms with E-state index in [0.717, 1.165) is 18.5 Å². The molecule has 0 aliphatic heterocycles. The summed E-state index contributed by atoms with van der Waals surface area (Å²) in [6.45, 7) is 0. The normalized spacial score (nSPS) is 8.70. The Bertz CT molecular complexity index is 223. The molecule has 0 aromatic carbocycles. The molecule has 0 aliphatic rings. The second kappa shape index (κ2) is 3.62. The van der Waals surface area contributed by atoms with E-state index in [0.29, 0.717) is 0 Å². The summed E-state index contributed by atoms with van der Waals surface area (Å²) in [7, 11) is 0. The van der Waals surface area contributed by atoms with Gasteiger partial charge in [0.05, 0.1) is 5.69 Å². The minimum absolute atomic E-state index is 0.735. The van der Waals surface area contributed by atoms with Crippen LogP contribution in [0.2, 0.25) is 0 Å². The van der Waals surface area contributed by atoms with Gasteiger partial charge in [-0.3, -0.25) is 0 Å². The first-order chi connectivity index (χ1) is 4.93. The fraction of sp³-hybridized carbons (Fsp3) is 0.250. The maximum absolute atomic E-state index is 5.08. The third-order valence-electron chi connectivity index (χ3n) is 1.15. The Labute approximate surface area is 60.3 Å². The SMILES string of the molecule is C#CCCc1cccnn1. The van der Waals surface area contributed by atoms with Crippen LogP contribution in [-0.4, -0.2) is 10.2 Å². The molecule has 0 aliphatic carbocycles. The van der Waals surface area contributed by atoms with Gasteiger partial charge in [0.25, 0.3) is 0 Å². The highest BCUT2D eigenvalue weighted by atomic mass is 15.1. The van der Waals surface area contributed by atoms with Gasteiger partial charge >= 0.3 is 0 Å². The third-order valence-corrected chi connectivity index (χ3v) is 1.15. The summed E-state index contributed by atoms with van der Waals surface area (Å²) in [5.41, 5.74) is 0.959. The number of rotatable bonds is 2. The molecule has 0 fully saturated rings. The van der Waals surface area contributed by atoms with E-state index in [1.54, 1.807) is 6.20 Å². The molecular weight excluding hydrogens is 124 g/mol. The van der Waals surface area contributed by atoms with Gasteiger partial charge in [-0.05, 0) is 12.1 Å². The lowest BCUT2D eigenvalue weighted by Crippen LogP contribution is -1.89. The van der Waals surface area contributed by atoms with Gasteiger partial charge in [-0.1, -0.05) is 0 Å². The molecular formula is C8H8N2. The number of aromatic nitrogens is 2. The molecule has 10 heavy (non-hydrogen) atoms. The van der Waals surface area contributed by atoms with Crippen LogP contribution in [0.5, 0.6) is 0 Å². The molecule has 0 saturated heterocycles. The van der Waals surface area contributed by atoms with Crippen LogP contribution in [0, 0.1) is 12.3 Å². The molecule has 0 bridgehead atoms. The van der Waals surface area contributed by atoms with E-state index in [9.17, 15) is 0 Å². The molecule has 0 unspecified atom stereocenters. The molecule has 0 radical (unpaired) electrons.